The number of nitrogens with one attached hydrogen (secondary N) is 1. The van der Waals surface area contributed by atoms with Gasteiger partial charge in [-0.25, -0.2) is 9.07 Å². The van der Waals surface area contributed by atoms with Crippen LogP contribution in [-0.4, -0.2) is 15.7 Å². The number of amides is 1. The summed E-state index contributed by atoms with van der Waals surface area (Å²) in [6, 6.07) is 10.4. The van der Waals surface area contributed by atoms with Crippen molar-refractivity contribution in [2.24, 2.45) is 0 Å². The fourth-order valence-electron chi connectivity index (χ4n) is 2.48. The van der Waals surface area contributed by atoms with E-state index < -0.39 is 34.8 Å². The summed E-state index contributed by atoms with van der Waals surface area (Å²) in [5.74, 6) is -2.06. The van der Waals surface area contributed by atoms with E-state index in [1.54, 1.807) is 6.07 Å². The lowest BCUT2D eigenvalue weighted by atomic mass is 10.2. The molecule has 28 heavy (non-hydrogen) atoms. The highest BCUT2D eigenvalue weighted by molar-refractivity contribution is 6.31. The summed E-state index contributed by atoms with van der Waals surface area (Å²) in [5.41, 5.74) is -2.57. The number of carbonyl (C=O) groups is 1. The number of benzene rings is 2. The van der Waals surface area contributed by atoms with E-state index in [9.17, 15) is 22.4 Å². The van der Waals surface area contributed by atoms with Gasteiger partial charge >= 0.3 is 6.18 Å². The number of nitriles is 1. The first kappa shape index (κ1) is 19.4. The molecule has 1 heterocycles. The van der Waals surface area contributed by atoms with Gasteiger partial charge in [0.05, 0.1) is 22.3 Å². The minimum Gasteiger partial charge on any atom is -0.322 e. The molecule has 0 radical (unpaired) electrons. The maximum Gasteiger partial charge on any atom is 0.434 e. The van der Waals surface area contributed by atoms with Gasteiger partial charge in [0.2, 0.25) is 0 Å². The average molecular weight is 409 g/mol. The summed E-state index contributed by atoms with van der Waals surface area (Å²) in [5, 5.41) is 14.9. The van der Waals surface area contributed by atoms with Crippen LogP contribution < -0.4 is 5.32 Å². The van der Waals surface area contributed by atoms with Crippen LogP contribution >= 0.6 is 11.6 Å². The number of halogens is 5. The van der Waals surface area contributed by atoms with E-state index in [4.69, 9.17) is 16.9 Å². The maximum atomic E-state index is 14.0. The van der Waals surface area contributed by atoms with E-state index in [2.05, 4.69) is 10.4 Å². The van der Waals surface area contributed by atoms with E-state index in [1.165, 1.54) is 30.3 Å². The van der Waals surface area contributed by atoms with E-state index in [0.717, 1.165) is 12.1 Å². The second-order valence-electron chi connectivity index (χ2n) is 5.53. The van der Waals surface area contributed by atoms with E-state index in [0.29, 0.717) is 10.9 Å². The number of alkyl halides is 3. The highest BCUT2D eigenvalue weighted by Crippen LogP contribution is 2.34. The van der Waals surface area contributed by atoms with Crippen molar-refractivity contribution in [3.05, 3.63) is 76.3 Å². The number of hydrogen-bond donors (Lipinski definition) is 1. The molecule has 0 spiro atoms. The van der Waals surface area contributed by atoms with E-state index in [-0.39, 0.29) is 16.3 Å². The molecule has 1 aromatic heterocycles. The topological polar surface area (TPSA) is 70.7 Å². The molecular weight excluding hydrogens is 400 g/mol. The highest BCUT2D eigenvalue weighted by Gasteiger charge is 2.41. The van der Waals surface area contributed by atoms with Gasteiger partial charge in [0, 0.05) is 5.69 Å². The third-order valence-electron chi connectivity index (χ3n) is 3.71. The molecule has 3 aromatic rings. The van der Waals surface area contributed by atoms with Crippen LogP contribution in [-0.2, 0) is 6.18 Å². The van der Waals surface area contributed by atoms with Crippen LogP contribution in [0.4, 0.5) is 23.2 Å². The third kappa shape index (κ3) is 3.68. The van der Waals surface area contributed by atoms with Crippen molar-refractivity contribution in [2.45, 2.75) is 6.18 Å². The summed E-state index contributed by atoms with van der Waals surface area (Å²) in [6.45, 7) is 0. The van der Waals surface area contributed by atoms with Gasteiger partial charge in [0.15, 0.2) is 5.69 Å². The molecule has 10 heteroatoms. The molecule has 0 saturated heterocycles. The molecule has 142 valence electrons. The molecule has 2 aromatic carbocycles. The summed E-state index contributed by atoms with van der Waals surface area (Å²) in [6.07, 6.45) is -4.28. The minimum absolute atomic E-state index is 0.0394. The zero-order chi connectivity index (χ0) is 20.5. The van der Waals surface area contributed by atoms with E-state index >= 15 is 0 Å². The summed E-state index contributed by atoms with van der Waals surface area (Å²) < 4.78 is 55.1. The highest BCUT2D eigenvalue weighted by atomic mass is 35.5. The van der Waals surface area contributed by atoms with Crippen LogP contribution in [0.3, 0.4) is 0 Å². The van der Waals surface area contributed by atoms with Crippen molar-refractivity contribution in [3.8, 4) is 11.8 Å². The van der Waals surface area contributed by atoms with Gasteiger partial charge in [-0.3, -0.25) is 4.79 Å². The largest absolute Gasteiger partial charge is 0.434 e. The molecule has 0 aliphatic rings. The van der Waals surface area contributed by atoms with Crippen molar-refractivity contribution in [1.82, 2.24) is 9.78 Å². The Labute approximate surface area is 160 Å². The number of hydrogen-bond acceptors (Lipinski definition) is 3. The predicted molar refractivity (Wildman–Crippen MR) is 92.6 cm³/mol. The van der Waals surface area contributed by atoms with Crippen LogP contribution in [0, 0.1) is 17.1 Å². The number of nitrogens with zero attached hydrogens (tertiary/aromatic N) is 3. The summed E-state index contributed by atoms with van der Waals surface area (Å²) in [4.78, 5) is 12.4. The zero-order valence-corrected chi connectivity index (χ0v) is 14.5. The molecule has 0 saturated carbocycles. The Kier molecular flexibility index (Phi) is 5.07. The number of anilines is 1. The Morgan fingerprint density at radius 1 is 1.21 bits per heavy atom. The molecular formula is C18H9ClF4N4O. The SMILES string of the molecule is N#Cc1cc(NC(=O)c2cnn(-c3ccccc3F)c2C(F)(F)F)ccc1Cl. The average Bonchev–Trinajstić information content (AvgIpc) is 3.09. The molecule has 5 nitrogen and oxygen atoms in total. The second kappa shape index (κ2) is 7.32. The monoisotopic (exact) mass is 408 g/mol. The Bertz CT molecular complexity index is 1100. The first-order valence-corrected chi connectivity index (χ1v) is 8.01. The third-order valence-corrected chi connectivity index (χ3v) is 4.04. The number of carbonyl (C=O) groups excluding carboxylic acids is 1. The van der Waals surface area contributed by atoms with Crippen LogP contribution in [0.15, 0.2) is 48.7 Å². The van der Waals surface area contributed by atoms with Gasteiger partial charge in [-0.1, -0.05) is 23.7 Å². The lowest BCUT2D eigenvalue weighted by Gasteiger charge is -2.13. The van der Waals surface area contributed by atoms with Gasteiger partial charge in [-0.2, -0.15) is 23.5 Å². The fourth-order valence-corrected chi connectivity index (χ4v) is 2.64. The smallest absolute Gasteiger partial charge is 0.322 e. The van der Waals surface area contributed by atoms with Gasteiger partial charge in [0.1, 0.15) is 17.6 Å². The first-order valence-electron chi connectivity index (χ1n) is 7.63. The number of aromatic nitrogens is 2. The normalized spacial score (nSPS) is 11.1. The Morgan fingerprint density at radius 3 is 2.57 bits per heavy atom. The van der Waals surface area contributed by atoms with Crippen molar-refractivity contribution >= 4 is 23.2 Å². The van der Waals surface area contributed by atoms with Crippen LogP contribution in [0.25, 0.3) is 5.69 Å². The van der Waals surface area contributed by atoms with Crippen LogP contribution in [0.5, 0.6) is 0 Å². The lowest BCUT2D eigenvalue weighted by molar-refractivity contribution is -0.143. The fraction of sp³-hybridized carbons (Fsp3) is 0.0556. The molecule has 1 amide bonds. The van der Waals surface area contributed by atoms with Crippen LogP contribution in [0.2, 0.25) is 5.02 Å². The summed E-state index contributed by atoms with van der Waals surface area (Å²) >= 11 is 5.79. The standard InChI is InChI=1S/C18H9ClF4N4O/c19-13-6-5-11(7-10(13)8-24)26-17(28)12-9-25-27(16(12)18(21,22)23)15-4-2-1-3-14(15)20/h1-7,9H,(H,26,28). The molecule has 1 N–H and O–H groups in total. The zero-order valence-electron chi connectivity index (χ0n) is 13.8. The van der Waals surface area contributed by atoms with Gasteiger partial charge in [0.25, 0.3) is 5.91 Å². The summed E-state index contributed by atoms with van der Waals surface area (Å²) in [7, 11) is 0. The van der Waals surface area contributed by atoms with Gasteiger partial charge in [-0.05, 0) is 30.3 Å². The van der Waals surface area contributed by atoms with Crippen molar-refractivity contribution < 1.29 is 22.4 Å². The number of rotatable bonds is 3. The Morgan fingerprint density at radius 2 is 1.93 bits per heavy atom. The van der Waals surface area contributed by atoms with Crippen molar-refractivity contribution in [3.63, 3.8) is 0 Å². The van der Waals surface area contributed by atoms with Gasteiger partial charge in [-0.15, -0.1) is 0 Å². The van der Waals surface area contributed by atoms with E-state index in [1.807, 2.05) is 0 Å². The molecule has 3 rings (SSSR count). The molecule has 0 aliphatic heterocycles. The maximum absolute atomic E-state index is 14.0. The Balaban J connectivity index is 2.04. The molecule has 0 bridgehead atoms. The Hall–Kier alpha value is -3.38. The molecule has 0 unspecified atom stereocenters. The van der Waals surface area contributed by atoms with Crippen molar-refractivity contribution in [2.75, 3.05) is 5.32 Å². The first-order chi connectivity index (χ1) is 13.2. The molecule has 0 fully saturated rings. The van der Waals surface area contributed by atoms with Gasteiger partial charge < -0.3 is 5.32 Å². The second-order valence-corrected chi connectivity index (χ2v) is 5.94. The van der Waals surface area contributed by atoms with Crippen LogP contribution in [0.1, 0.15) is 21.6 Å². The minimum atomic E-state index is -4.98. The predicted octanol–water partition coefficient (Wildman–Crippen LogP) is 4.81. The lowest BCUT2D eigenvalue weighted by Crippen LogP contribution is -2.21. The molecule has 0 atom stereocenters. The quantitative estimate of drug-likeness (QED) is 0.632. The number of para-hydroxylation sites is 1. The van der Waals surface area contributed by atoms with Crippen molar-refractivity contribution in [1.29, 1.82) is 5.26 Å². The molecule has 0 aliphatic carbocycles.